The smallest absolute Gasteiger partial charge is 0.289 e. The van der Waals surface area contributed by atoms with E-state index >= 15 is 0 Å². The SMILES string of the molecule is Nc1c(Br)c(N)c(-c2ccccc2)c([N+](=O)[O-])c1-c1ccccc1. The van der Waals surface area contributed by atoms with Crippen molar-refractivity contribution in [2.75, 3.05) is 11.5 Å². The van der Waals surface area contributed by atoms with Gasteiger partial charge in [0.2, 0.25) is 0 Å². The van der Waals surface area contributed by atoms with Gasteiger partial charge in [-0.05, 0) is 27.1 Å². The molecule has 3 rings (SSSR count). The monoisotopic (exact) mass is 383 g/mol. The Morgan fingerprint density at radius 2 is 1.17 bits per heavy atom. The number of hydrogen-bond acceptors (Lipinski definition) is 4. The van der Waals surface area contributed by atoms with E-state index in [-0.39, 0.29) is 17.1 Å². The molecule has 0 saturated heterocycles. The Kier molecular flexibility index (Phi) is 4.22. The number of hydrogen-bond donors (Lipinski definition) is 2. The summed E-state index contributed by atoms with van der Waals surface area (Å²) in [5.41, 5.74) is 14.8. The first-order chi connectivity index (χ1) is 11.5. The first-order valence-electron chi connectivity index (χ1n) is 7.18. The van der Waals surface area contributed by atoms with Gasteiger partial charge in [-0.3, -0.25) is 10.1 Å². The lowest BCUT2D eigenvalue weighted by Gasteiger charge is -2.16. The van der Waals surface area contributed by atoms with Gasteiger partial charge in [0.25, 0.3) is 5.69 Å². The molecule has 0 radical (unpaired) electrons. The van der Waals surface area contributed by atoms with Crippen LogP contribution in [0.1, 0.15) is 0 Å². The topological polar surface area (TPSA) is 95.2 Å². The van der Waals surface area contributed by atoms with Crippen LogP contribution in [0.2, 0.25) is 0 Å². The highest BCUT2D eigenvalue weighted by Crippen LogP contribution is 2.50. The molecular weight excluding hydrogens is 370 g/mol. The number of benzene rings is 3. The minimum atomic E-state index is -0.427. The fourth-order valence-corrected chi connectivity index (χ4v) is 3.12. The average Bonchev–Trinajstić information content (AvgIpc) is 2.60. The van der Waals surface area contributed by atoms with Crippen molar-refractivity contribution in [2.45, 2.75) is 0 Å². The van der Waals surface area contributed by atoms with E-state index in [1.165, 1.54) is 0 Å². The number of nitrogens with zero attached hydrogens (tertiary/aromatic N) is 1. The summed E-state index contributed by atoms with van der Waals surface area (Å²) in [4.78, 5) is 11.5. The van der Waals surface area contributed by atoms with Crippen molar-refractivity contribution >= 4 is 33.0 Å². The third kappa shape index (κ3) is 2.61. The van der Waals surface area contributed by atoms with Gasteiger partial charge in [0.15, 0.2) is 0 Å². The zero-order valence-corrected chi connectivity index (χ0v) is 14.2. The number of halogens is 1. The Balaban J connectivity index is 2.47. The lowest BCUT2D eigenvalue weighted by atomic mass is 9.93. The van der Waals surface area contributed by atoms with Crippen molar-refractivity contribution in [1.82, 2.24) is 0 Å². The van der Waals surface area contributed by atoms with Crippen LogP contribution in [0.15, 0.2) is 65.1 Å². The second kappa shape index (κ2) is 6.33. The number of nitrogen functional groups attached to an aromatic ring is 2. The molecule has 24 heavy (non-hydrogen) atoms. The normalized spacial score (nSPS) is 10.5. The molecule has 0 saturated carbocycles. The molecule has 0 fully saturated rings. The van der Waals surface area contributed by atoms with Crippen molar-refractivity contribution in [3.8, 4) is 22.3 Å². The van der Waals surface area contributed by atoms with Gasteiger partial charge in [-0.15, -0.1) is 0 Å². The molecule has 0 spiro atoms. The molecule has 3 aromatic rings. The average molecular weight is 384 g/mol. The van der Waals surface area contributed by atoms with Gasteiger partial charge in [-0.2, -0.15) is 0 Å². The van der Waals surface area contributed by atoms with E-state index in [4.69, 9.17) is 11.5 Å². The molecule has 0 aliphatic heterocycles. The number of rotatable bonds is 3. The molecule has 0 aromatic heterocycles. The van der Waals surface area contributed by atoms with Gasteiger partial charge in [-0.1, -0.05) is 60.7 Å². The van der Waals surface area contributed by atoms with Gasteiger partial charge in [0, 0.05) is 0 Å². The quantitative estimate of drug-likeness (QED) is 0.383. The first kappa shape index (κ1) is 16.0. The summed E-state index contributed by atoms with van der Waals surface area (Å²) in [6.07, 6.45) is 0. The third-order valence-corrected chi connectivity index (χ3v) is 4.65. The molecule has 6 heteroatoms. The third-order valence-electron chi connectivity index (χ3n) is 3.79. The molecule has 0 aliphatic carbocycles. The van der Waals surface area contributed by atoms with Crippen LogP contribution in [0.25, 0.3) is 22.3 Å². The molecule has 3 aromatic carbocycles. The van der Waals surface area contributed by atoms with Crippen LogP contribution in [0.5, 0.6) is 0 Å². The van der Waals surface area contributed by atoms with Crippen LogP contribution in [0.3, 0.4) is 0 Å². The molecule has 0 unspecified atom stereocenters. The Labute approximate surface area is 147 Å². The van der Waals surface area contributed by atoms with Crippen LogP contribution < -0.4 is 11.5 Å². The van der Waals surface area contributed by atoms with E-state index in [1.807, 2.05) is 36.4 Å². The zero-order valence-electron chi connectivity index (χ0n) is 12.6. The molecule has 0 aliphatic rings. The fourth-order valence-electron chi connectivity index (χ4n) is 2.72. The minimum Gasteiger partial charge on any atom is -0.397 e. The first-order valence-corrected chi connectivity index (χ1v) is 7.97. The van der Waals surface area contributed by atoms with Gasteiger partial charge < -0.3 is 11.5 Å². The number of anilines is 2. The fraction of sp³-hybridized carbons (Fsp3) is 0. The Bertz CT molecular complexity index is 846. The number of nitro groups is 1. The molecule has 0 amide bonds. The largest absolute Gasteiger partial charge is 0.397 e. The molecule has 0 atom stereocenters. The molecule has 0 bridgehead atoms. The Morgan fingerprint density at radius 1 is 0.792 bits per heavy atom. The maximum absolute atomic E-state index is 11.9. The summed E-state index contributed by atoms with van der Waals surface area (Å²) in [6, 6.07) is 18.1. The van der Waals surface area contributed by atoms with Crippen molar-refractivity contribution in [1.29, 1.82) is 0 Å². The highest BCUT2D eigenvalue weighted by atomic mass is 79.9. The maximum atomic E-state index is 11.9. The number of nitro benzene ring substituents is 1. The van der Waals surface area contributed by atoms with Crippen LogP contribution in [-0.4, -0.2) is 4.92 Å². The summed E-state index contributed by atoms with van der Waals surface area (Å²) in [6.45, 7) is 0. The van der Waals surface area contributed by atoms with E-state index in [0.717, 1.165) is 0 Å². The van der Waals surface area contributed by atoms with E-state index < -0.39 is 4.92 Å². The molecular formula is C18H14BrN3O2. The van der Waals surface area contributed by atoms with E-state index in [9.17, 15) is 10.1 Å². The van der Waals surface area contributed by atoms with Crippen LogP contribution in [-0.2, 0) is 0 Å². The predicted molar refractivity (Wildman–Crippen MR) is 100 cm³/mol. The van der Waals surface area contributed by atoms with Crippen LogP contribution in [0.4, 0.5) is 17.1 Å². The van der Waals surface area contributed by atoms with Crippen LogP contribution in [0, 0.1) is 10.1 Å². The van der Waals surface area contributed by atoms with E-state index in [0.29, 0.717) is 26.7 Å². The van der Waals surface area contributed by atoms with Crippen molar-refractivity contribution in [2.24, 2.45) is 0 Å². The standard InChI is InChI=1S/C18H14BrN3O2/c19-15-16(20)13(11-7-3-1-4-8-11)18(22(23)24)14(17(15)21)12-9-5-2-6-10-12/h1-10H,20-21H2. The molecule has 0 heterocycles. The lowest BCUT2D eigenvalue weighted by Crippen LogP contribution is -2.05. The van der Waals surface area contributed by atoms with Crippen LogP contribution >= 0.6 is 15.9 Å². The highest BCUT2D eigenvalue weighted by molar-refractivity contribution is 9.10. The second-order valence-corrected chi connectivity index (χ2v) is 6.02. The minimum absolute atomic E-state index is 0.0920. The Morgan fingerprint density at radius 3 is 1.50 bits per heavy atom. The summed E-state index contributed by atoms with van der Waals surface area (Å²) < 4.78 is 0.464. The summed E-state index contributed by atoms with van der Waals surface area (Å²) in [7, 11) is 0. The van der Waals surface area contributed by atoms with Gasteiger partial charge >= 0.3 is 0 Å². The van der Waals surface area contributed by atoms with Crippen molar-refractivity contribution in [3.63, 3.8) is 0 Å². The van der Waals surface area contributed by atoms with Crippen molar-refractivity contribution < 1.29 is 4.92 Å². The molecule has 5 nitrogen and oxygen atoms in total. The summed E-state index contributed by atoms with van der Waals surface area (Å²) in [5, 5.41) is 11.9. The maximum Gasteiger partial charge on any atom is 0.289 e. The summed E-state index contributed by atoms with van der Waals surface area (Å²) >= 11 is 3.39. The second-order valence-electron chi connectivity index (χ2n) is 5.23. The highest BCUT2D eigenvalue weighted by Gasteiger charge is 2.29. The Hall–Kier alpha value is -2.86. The lowest BCUT2D eigenvalue weighted by molar-refractivity contribution is -0.383. The van der Waals surface area contributed by atoms with E-state index in [1.54, 1.807) is 24.3 Å². The van der Waals surface area contributed by atoms with Gasteiger partial charge in [0.1, 0.15) is 0 Å². The summed E-state index contributed by atoms with van der Waals surface area (Å²) in [5.74, 6) is 0. The van der Waals surface area contributed by atoms with Gasteiger partial charge in [-0.25, -0.2) is 0 Å². The number of nitrogens with two attached hydrogens (primary N) is 2. The molecule has 4 N–H and O–H groups in total. The van der Waals surface area contributed by atoms with Gasteiger partial charge in [0.05, 0.1) is 31.9 Å². The zero-order chi connectivity index (χ0) is 17.3. The predicted octanol–water partition coefficient (Wildman–Crippen LogP) is 4.86. The van der Waals surface area contributed by atoms with Crippen molar-refractivity contribution in [3.05, 3.63) is 75.3 Å². The van der Waals surface area contributed by atoms with E-state index in [2.05, 4.69) is 15.9 Å². The molecule has 120 valence electrons.